The van der Waals surface area contributed by atoms with Crippen LogP contribution in [0.15, 0.2) is 53.4 Å². The minimum Gasteiger partial charge on any atom is -0.379 e. The maximum atomic E-state index is 12.1. The fourth-order valence-corrected chi connectivity index (χ4v) is 2.65. The quantitative estimate of drug-likeness (QED) is 0.879. The first-order chi connectivity index (χ1) is 9.38. The largest absolute Gasteiger partial charge is 0.379 e. The highest BCUT2D eigenvalue weighted by Crippen LogP contribution is 2.22. The molecular formula is C15H17NO3S. The Morgan fingerprint density at radius 2 is 1.75 bits per heavy atom. The Bertz CT molecular complexity index is 691. The lowest BCUT2D eigenvalue weighted by Crippen LogP contribution is -2.10. The van der Waals surface area contributed by atoms with E-state index in [1.165, 1.54) is 12.1 Å². The van der Waals surface area contributed by atoms with Crippen molar-refractivity contribution in [2.75, 3.05) is 0 Å². The molecule has 2 aromatic rings. The third kappa shape index (κ3) is 3.37. The monoisotopic (exact) mass is 291 g/mol. The molecule has 2 aromatic carbocycles. The van der Waals surface area contributed by atoms with Crippen LogP contribution in [-0.2, 0) is 10.1 Å². The van der Waals surface area contributed by atoms with Crippen LogP contribution in [0, 0.1) is 6.92 Å². The summed E-state index contributed by atoms with van der Waals surface area (Å²) < 4.78 is 29.4. The first kappa shape index (κ1) is 14.6. The molecule has 106 valence electrons. The zero-order valence-electron chi connectivity index (χ0n) is 11.4. The molecule has 5 heteroatoms. The van der Waals surface area contributed by atoms with E-state index in [9.17, 15) is 8.42 Å². The van der Waals surface area contributed by atoms with Crippen LogP contribution in [0.2, 0.25) is 0 Å². The molecule has 0 heterocycles. The number of hydrogen-bond acceptors (Lipinski definition) is 4. The predicted octanol–water partition coefficient (Wildman–Crippen LogP) is 2.78. The van der Waals surface area contributed by atoms with E-state index in [-0.39, 0.29) is 16.7 Å². The van der Waals surface area contributed by atoms with Crippen LogP contribution in [0.5, 0.6) is 5.75 Å². The van der Waals surface area contributed by atoms with Crippen LogP contribution in [0.4, 0.5) is 0 Å². The Morgan fingerprint density at radius 3 is 2.35 bits per heavy atom. The van der Waals surface area contributed by atoms with Crippen LogP contribution >= 0.6 is 0 Å². The molecule has 2 rings (SSSR count). The van der Waals surface area contributed by atoms with Gasteiger partial charge in [0.2, 0.25) is 0 Å². The summed E-state index contributed by atoms with van der Waals surface area (Å²) in [5, 5.41) is 0. The third-order valence-electron chi connectivity index (χ3n) is 2.90. The maximum Gasteiger partial charge on any atom is 0.339 e. The van der Waals surface area contributed by atoms with Crippen molar-refractivity contribution in [1.82, 2.24) is 0 Å². The zero-order valence-corrected chi connectivity index (χ0v) is 12.2. The van der Waals surface area contributed by atoms with Gasteiger partial charge < -0.3 is 9.92 Å². The molecular weight excluding hydrogens is 274 g/mol. The molecule has 0 spiro atoms. The van der Waals surface area contributed by atoms with Crippen molar-refractivity contribution in [2.45, 2.75) is 24.8 Å². The molecule has 0 aliphatic rings. The van der Waals surface area contributed by atoms with Gasteiger partial charge in [-0.3, -0.25) is 0 Å². The molecule has 20 heavy (non-hydrogen) atoms. The Labute approximate surface area is 119 Å². The molecule has 0 amide bonds. The highest BCUT2D eigenvalue weighted by Gasteiger charge is 2.16. The second-order valence-corrected chi connectivity index (χ2v) is 6.26. The smallest absolute Gasteiger partial charge is 0.339 e. The lowest BCUT2D eigenvalue weighted by molar-refractivity contribution is 0.485. The summed E-state index contributed by atoms with van der Waals surface area (Å²) >= 11 is 0. The fraction of sp³-hybridized carbons (Fsp3) is 0.200. The Balaban J connectivity index is 2.28. The van der Waals surface area contributed by atoms with Crippen LogP contribution in [-0.4, -0.2) is 8.42 Å². The Kier molecular flexibility index (Phi) is 4.11. The highest BCUT2D eigenvalue weighted by atomic mass is 32.2. The number of nitrogens with two attached hydrogens (primary N) is 1. The molecule has 0 aliphatic heterocycles. The molecule has 0 radical (unpaired) electrons. The predicted molar refractivity (Wildman–Crippen MR) is 78.0 cm³/mol. The van der Waals surface area contributed by atoms with Crippen molar-refractivity contribution < 1.29 is 12.6 Å². The summed E-state index contributed by atoms with van der Waals surface area (Å²) in [5.74, 6) is 0.264. The molecule has 0 saturated carbocycles. The normalized spacial score (nSPS) is 12.9. The molecule has 0 bridgehead atoms. The molecule has 0 aromatic heterocycles. The summed E-state index contributed by atoms with van der Waals surface area (Å²) in [4.78, 5) is 0.134. The van der Waals surface area contributed by atoms with Gasteiger partial charge >= 0.3 is 10.1 Å². The average molecular weight is 291 g/mol. The first-order valence-corrected chi connectivity index (χ1v) is 7.66. The van der Waals surface area contributed by atoms with Crippen molar-refractivity contribution in [2.24, 2.45) is 5.73 Å². The van der Waals surface area contributed by atoms with Gasteiger partial charge in [-0.15, -0.1) is 0 Å². The van der Waals surface area contributed by atoms with Crippen molar-refractivity contribution >= 4 is 10.1 Å². The lowest BCUT2D eigenvalue weighted by Gasteiger charge is -2.10. The topological polar surface area (TPSA) is 69.4 Å². The van der Waals surface area contributed by atoms with Gasteiger partial charge in [0.25, 0.3) is 0 Å². The summed E-state index contributed by atoms with van der Waals surface area (Å²) in [6.45, 7) is 3.72. The van der Waals surface area contributed by atoms with Crippen molar-refractivity contribution in [3.63, 3.8) is 0 Å². The molecule has 0 unspecified atom stereocenters. The Morgan fingerprint density at radius 1 is 1.10 bits per heavy atom. The van der Waals surface area contributed by atoms with E-state index >= 15 is 0 Å². The van der Waals surface area contributed by atoms with E-state index in [1.54, 1.807) is 30.3 Å². The highest BCUT2D eigenvalue weighted by molar-refractivity contribution is 7.87. The standard InChI is InChI=1S/C15H17NO3S/c1-11-6-8-15(9-7-11)20(17,18)19-14-5-3-4-13(10-14)12(2)16/h3-10,12H,16H2,1-2H3/t12-/m0/s1. The molecule has 2 N–H and O–H groups in total. The van der Waals surface area contributed by atoms with E-state index < -0.39 is 10.1 Å². The molecule has 1 atom stereocenters. The van der Waals surface area contributed by atoms with Gasteiger partial charge in [0.05, 0.1) is 0 Å². The number of aryl methyl sites for hydroxylation is 1. The number of benzene rings is 2. The van der Waals surface area contributed by atoms with Gasteiger partial charge in [-0.1, -0.05) is 29.8 Å². The van der Waals surface area contributed by atoms with Crippen LogP contribution < -0.4 is 9.92 Å². The summed E-state index contributed by atoms with van der Waals surface area (Å²) in [6, 6.07) is 13.1. The van der Waals surface area contributed by atoms with E-state index in [0.717, 1.165) is 11.1 Å². The van der Waals surface area contributed by atoms with Gasteiger partial charge in [0, 0.05) is 6.04 Å². The second kappa shape index (κ2) is 5.64. The Hall–Kier alpha value is -1.85. The lowest BCUT2D eigenvalue weighted by atomic mass is 10.1. The summed E-state index contributed by atoms with van der Waals surface area (Å²) in [5.41, 5.74) is 7.58. The maximum absolute atomic E-state index is 12.1. The molecule has 0 fully saturated rings. The molecule has 4 nitrogen and oxygen atoms in total. The van der Waals surface area contributed by atoms with Crippen molar-refractivity contribution in [1.29, 1.82) is 0 Å². The first-order valence-electron chi connectivity index (χ1n) is 6.25. The van der Waals surface area contributed by atoms with Crippen LogP contribution in [0.1, 0.15) is 24.1 Å². The summed E-state index contributed by atoms with van der Waals surface area (Å²) in [6.07, 6.45) is 0. The average Bonchev–Trinajstić information content (AvgIpc) is 2.39. The molecule has 0 saturated heterocycles. The second-order valence-electron chi connectivity index (χ2n) is 4.71. The zero-order chi connectivity index (χ0) is 14.8. The third-order valence-corrected chi connectivity index (χ3v) is 4.16. The SMILES string of the molecule is Cc1ccc(S(=O)(=O)Oc2cccc([C@H](C)N)c2)cc1. The molecule has 0 aliphatic carbocycles. The van der Waals surface area contributed by atoms with Gasteiger partial charge in [-0.05, 0) is 43.7 Å². The van der Waals surface area contributed by atoms with E-state index in [0.29, 0.717) is 0 Å². The van der Waals surface area contributed by atoms with Gasteiger partial charge in [-0.25, -0.2) is 0 Å². The van der Waals surface area contributed by atoms with Gasteiger partial charge in [0.15, 0.2) is 0 Å². The summed E-state index contributed by atoms with van der Waals surface area (Å²) in [7, 11) is -3.81. The van der Waals surface area contributed by atoms with E-state index in [4.69, 9.17) is 9.92 Å². The van der Waals surface area contributed by atoms with E-state index in [1.807, 2.05) is 19.9 Å². The van der Waals surface area contributed by atoms with Crippen molar-refractivity contribution in [3.05, 3.63) is 59.7 Å². The van der Waals surface area contributed by atoms with Gasteiger partial charge in [-0.2, -0.15) is 8.42 Å². The minimum absolute atomic E-state index is 0.134. The van der Waals surface area contributed by atoms with Crippen molar-refractivity contribution in [3.8, 4) is 5.75 Å². The van der Waals surface area contributed by atoms with E-state index in [2.05, 4.69) is 0 Å². The minimum atomic E-state index is -3.81. The van der Waals surface area contributed by atoms with Crippen LogP contribution in [0.3, 0.4) is 0 Å². The van der Waals surface area contributed by atoms with Gasteiger partial charge in [0.1, 0.15) is 10.6 Å². The van der Waals surface area contributed by atoms with Crippen LogP contribution in [0.25, 0.3) is 0 Å². The number of hydrogen-bond donors (Lipinski definition) is 1. The fourth-order valence-electron chi connectivity index (χ4n) is 1.73. The number of rotatable bonds is 4.